The fraction of sp³-hybridized carbons (Fsp3) is 0.417. The number of carbonyl (C=O) groups is 1. The Kier molecular flexibility index (Phi) is 3.11. The Labute approximate surface area is 97.3 Å². The lowest BCUT2D eigenvalue weighted by Gasteiger charge is -2.41. The average Bonchev–Trinajstić information content (AvgIpc) is 2.24. The molecule has 2 rings (SSSR count). The zero-order chi connectivity index (χ0) is 12.5. The monoisotopic (exact) mass is 242 g/mol. The van der Waals surface area contributed by atoms with Crippen molar-refractivity contribution in [1.29, 1.82) is 0 Å². The minimum Gasteiger partial charge on any atom is -0.469 e. The van der Waals surface area contributed by atoms with Gasteiger partial charge >= 0.3 is 5.97 Å². The number of carbonyl (C=O) groups excluding carboxylic acids is 1. The van der Waals surface area contributed by atoms with Crippen LogP contribution in [0, 0.1) is 11.6 Å². The van der Waals surface area contributed by atoms with Crippen LogP contribution >= 0.6 is 0 Å². The van der Waals surface area contributed by atoms with E-state index in [-0.39, 0.29) is 19.6 Å². The molecule has 17 heavy (non-hydrogen) atoms. The molecular formula is C12H12F2O3. The van der Waals surface area contributed by atoms with Gasteiger partial charge < -0.3 is 9.47 Å². The molecule has 1 aliphatic rings. The van der Waals surface area contributed by atoms with E-state index < -0.39 is 23.0 Å². The predicted octanol–water partition coefficient (Wildman–Crippen LogP) is 1.80. The molecule has 0 aliphatic carbocycles. The summed E-state index contributed by atoms with van der Waals surface area (Å²) in [5.41, 5.74) is -0.416. The molecule has 3 nitrogen and oxygen atoms in total. The largest absolute Gasteiger partial charge is 0.469 e. The molecule has 0 bridgehead atoms. The third-order valence-corrected chi connectivity index (χ3v) is 2.97. The van der Waals surface area contributed by atoms with Gasteiger partial charge in [-0.25, -0.2) is 8.78 Å². The highest BCUT2D eigenvalue weighted by molar-refractivity contribution is 5.71. The number of benzene rings is 1. The van der Waals surface area contributed by atoms with Crippen molar-refractivity contribution in [1.82, 2.24) is 0 Å². The molecule has 0 radical (unpaired) electrons. The van der Waals surface area contributed by atoms with Crippen LogP contribution < -0.4 is 0 Å². The number of ether oxygens (including phenoxy) is 2. The summed E-state index contributed by atoms with van der Waals surface area (Å²) < 4.78 is 36.1. The molecular weight excluding hydrogens is 230 g/mol. The normalized spacial score (nSPS) is 17.4. The quantitative estimate of drug-likeness (QED) is 0.758. The van der Waals surface area contributed by atoms with E-state index in [0.717, 1.165) is 6.07 Å². The van der Waals surface area contributed by atoms with Crippen molar-refractivity contribution in [2.75, 3.05) is 20.3 Å². The van der Waals surface area contributed by atoms with Crippen molar-refractivity contribution in [2.45, 2.75) is 11.8 Å². The van der Waals surface area contributed by atoms with Crippen LogP contribution in [-0.4, -0.2) is 26.3 Å². The van der Waals surface area contributed by atoms with Crippen LogP contribution in [0.2, 0.25) is 0 Å². The van der Waals surface area contributed by atoms with Crippen LogP contribution in [0.4, 0.5) is 8.78 Å². The fourth-order valence-corrected chi connectivity index (χ4v) is 1.97. The van der Waals surface area contributed by atoms with E-state index in [9.17, 15) is 13.6 Å². The molecule has 1 heterocycles. The average molecular weight is 242 g/mol. The van der Waals surface area contributed by atoms with Crippen molar-refractivity contribution in [3.8, 4) is 0 Å². The maximum atomic E-state index is 13.7. The molecule has 1 aliphatic heterocycles. The van der Waals surface area contributed by atoms with Gasteiger partial charge in [-0.3, -0.25) is 4.79 Å². The summed E-state index contributed by atoms with van der Waals surface area (Å²) in [6, 6.07) is 3.35. The molecule has 92 valence electrons. The van der Waals surface area contributed by atoms with Gasteiger partial charge in [0.1, 0.15) is 11.6 Å². The van der Waals surface area contributed by atoms with Gasteiger partial charge in [0.25, 0.3) is 0 Å². The number of methoxy groups -OCH3 is 1. The highest BCUT2D eigenvalue weighted by Gasteiger charge is 2.44. The molecule has 0 atom stereocenters. The standard InChI is InChI=1S/C12H12F2O3/c1-16-11(15)5-12(6-17-7-12)9-3-2-8(13)4-10(9)14/h2-4H,5-7H2,1H3. The van der Waals surface area contributed by atoms with E-state index in [1.165, 1.54) is 19.2 Å². The Morgan fingerprint density at radius 3 is 2.65 bits per heavy atom. The second-order valence-electron chi connectivity index (χ2n) is 4.15. The zero-order valence-electron chi connectivity index (χ0n) is 9.33. The van der Waals surface area contributed by atoms with Crippen LogP contribution in [0.1, 0.15) is 12.0 Å². The SMILES string of the molecule is COC(=O)CC1(c2ccc(F)cc2F)COC1. The fourth-order valence-electron chi connectivity index (χ4n) is 1.97. The third-order valence-electron chi connectivity index (χ3n) is 2.97. The van der Waals surface area contributed by atoms with Crippen LogP contribution in [0.5, 0.6) is 0 Å². The maximum absolute atomic E-state index is 13.7. The lowest BCUT2D eigenvalue weighted by Crippen LogP contribution is -2.49. The topological polar surface area (TPSA) is 35.5 Å². The van der Waals surface area contributed by atoms with Gasteiger partial charge in [0, 0.05) is 6.07 Å². The van der Waals surface area contributed by atoms with Crippen molar-refractivity contribution < 1.29 is 23.0 Å². The van der Waals surface area contributed by atoms with E-state index in [2.05, 4.69) is 4.74 Å². The number of halogens is 2. The summed E-state index contributed by atoms with van der Waals surface area (Å²) in [6.45, 7) is 0.481. The smallest absolute Gasteiger partial charge is 0.306 e. The minimum absolute atomic E-state index is 0.0338. The van der Waals surface area contributed by atoms with Gasteiger partial charge in [-0.15, -0.1) is 0 Å². The molecule has 0 amide bonds. The molecule has 1 aromatic rings. The summed E-state index contributed by atoms with van der Waals surface area (Å²) >= 11 is 0. The van der Waals surface area contributed by atoms with E-state index in [4.69, 9.17) is 4.74 Å². The molecule has 1 aromatic carbocycles. The van der Waals surface area contributed by atoms with Crippen molar-refractivity contribution >= 4 is 5.97 Å². The number of hydrogen-bond acceptors (Lipinski definition) is 3. The molecule has 0 unspecified atom stereocenters. The summed E-state index contributed by atoms with van der Waals surface area (Å²) in [5.74, 6) is -1.73. The first-order chi connectivity index (χ1) is 8.07. The second-order valence-corrected chi connectivity index (χ2v) is 4.15. The first kappa shape index (κ1) is 12.0. The van der Waals surface area contributed by atoms with Crippen LogP contribution in [0.15, 0.2) is 18.2 Å². The maximum Gasteiger partial charge on any atom is 0.306 e. The Morgan fingerprint density at radius 2 is 2.18 bits per heavy atom. The molecule has 5 heteroatoms. The van der Waals surface area contributed by atoms with E-state index in [1.807, 2.05) is 0 Å². The van der Waals surface area contributed by atoms with Crippen molar-refractivity contribution in [3.63, 3.8) is 0 Å². The number of esters is 1. The van der Waals surface area contributed by atoms with Gasteiger partial charge in [-0.1, -0.05) is 6.07 Å². The molecule has 0 spiro atoms. The van der Waals surface area contributed by atoms with E-state index in [0.29, 0.717) is 5.56 Å². The molecule has 0 saturated carbocycles. The van der Waals surface area contributed by atoms with E-state index >= 15 is 0 Å². The lowest BCUT2D eigenvalue weighted by molar-refractivity contribution is -0.149. The summed E-state index contributed by atoms with van der Waals surface area (Å²) in [7, 11) is 1.27. The summed E-state index contributed by atoms with van der Waals surface area (Å²) in [5, 5.41) is 0. The highest BCUT2D eigenvalue weighted by atomic mass is 19.1. The van der Waals surface area contributed by atoms with Gasteiger partial charge in [0.15, 0.2) is 0 Å². The minimum atomic E-state index is -0.717. The van der Waals surface area contributed by atoms with E-state index in [1.54, 1.807) is 0 Å². The number of rotatable bonds is 3. The molecule has 0 aromatic heterocycles. The van der Waals surface area contributed by atoms with Crippen molar-refractivity contribution in [2.24, 2.45) is 0 Å². The Balaban J connectivity index is 2.31. The van der Waals surface area contributed by atoms with Crippen LogP contribution in [-0.2, 0) is 19.7 Å². The lowest BCUT2D eigenvalue weighted by atomic mass is 9.75. The summed E-state index contributed by atoms with van der Waals surface area (Å²) in [6.07, 6.45) is 0.0338. The van der Waals surface area contributed by atoms with Gasteiger partial charge in [0.05, 0.1) is 32.2 Å². The summed E-state index contributed by atoms with van der Waals surface area (Å²) in [4.78, 5) is 11.3. The Bertz CT molecular complexity index is 441. The van der Waals surface area contributed by atoms with Gasteiger partial charge in [-0.2, -0.15) is 0 Å². The zero-order valence-corrected chi connectivity index (χ0v) is 9.33. The van der Waals surface area contributed by atoms with Crippen molar-refractivity contribution in [3.05, 3.63) is 35.4 Å². The predicted molar refractivity (Wildman–Crippen MR) is 55.5 cm³/mol. The van der Waals surface area contributed by atoms with Gasteiger partial charge in [-0.05, 0) is 11.6 Å². The first-order valence-corrected chi connectivity index (χ1v) is 5.17. The Hall–Kier alpha value is -1.49. The molecule has 1 saturated heterocycles. The second kappa shape index (κ2) is 4.41. The third kappa shape index (κ3) is 2.15. The Morgan fingerprint density at radius 1 is 1.47 bits per heavy atom. The molecule has 1 fully saturated rings. The highest BCUT2D eigenvalue weighted by Crippen LogP contribution is 2.37. The van der Waals surface area contributed by atoms with Crippen LogP contribution in [0.3, 0.4) is 0 Å². The molecule has 0 N–H and O–H groups in total. The van der Waals surface area contributed by atoms with Crippen LogP contribution in [0.25, 0.3) is 0 Å². The number of hydrogen-bond donors (Lipinski definition) is 0. The van der Waals surface area contributed by atoms with Gasteiger partial charge in [0.2, 0.25) is 0 Å². The first-order valence-electron chi connectivity index (χ1n) is 5.17.